The van der Waals surface area contributed by atoms with Gasteiger partial charge in [-0.3, -0.25) is 0 Å². The Kier molecular flexibility index (Phi) is 2.77. The number of hydrogen-bond acceptors (Lipinski definition) is 4. The lowest BCUT2D eigenvalue weighted by Gasteiger charge is -2.25. The predicted octanol–water partition coefficient (Wildman–Crippen LogP) is 2.55. The highest BCUT2D eigenvalue weighted by Gasteiger charge is 2.23. The smallest absolute Gasteiger partial charge is 0.199 e. The first-order valence-electron chi connectivity index (χ1n) is 6.30. The lowest BCUT2D eigenvalue weighted by molar-refractivity contribution is 0.342. The second-order valence-corrected chi connectivity index (χ2v) is 4.93. The number of hydrogen-bond donors (Lipinski definition) is 1. The molecule has 0 bridgehead atoms. The quantitative estimate of drug-likeness (QED) is 0.833. The summed E-state index contributed by atoms with van der Waals surface area (Å²) in [6, 6.07) is 8.06. The van der Waals surface area contributed by atoms with Crippen LogP contribution in [-0.4, -0.2) is 17.6 Å². The fourth-order valence-corrected chi connectivity index (χ4v) is 2.40. The van der Waals surface area contributed by atoms with E-state index >= 15 is 0 Å². The SMILES string of the molecule is C[C@@H]1CC[C@@H](c2nc3cc(C#N)ccc3o2)CN1. The Bertz CT molecular complexity index is 603. The Balaban J connectivity index is 1.91. The highest BCUT2D eigenvalue weighted by molar-refractivity contribution is 5.74. The van der Waals surface area contributed by atoms with E-state index in [0.29, 0.717) is 17.5 Å². The van der Waals surface area contributed by atoms with Crippen molar-refractivity contribution in [2.24, 2.45) is 0 Å². The van der Waals surface area contributed by atoms with E-state index in [1.165, 1.54) is 0 Å². The lowest BCUT2D eigenvalue weighted by Crippen LogP contribution is -2.35. The van der Waals surface area contributed by atoms with Gasteiger partial charge in [0.25, 0.3) is 0 Å². The average Bonchev–Trinajstić information content (AvgIpc) is 2.82. The van der Waals surface area contributed by atoms with Crippen LogP contribution < -0.4 is 5.32 Å². The molecule has 2 heterocycles. The van der Waals surface area contributed by atoms with Crippen molar-refractivity contribution in [1.82, 2.24) is 10.3 Å². The van der Waals surface area contributed by atoms with Gasteiger partial charge in [0, 0.05) is 18.5 Å². The van der Waals surface area contributed by atoms with Gasteiger partial charge in [-0.1, -0.05) is 0 Å². The molecule has 0 saturated carbocycles. The minimum atomic E-state index is 0.346. The zero-order valence-corrected chi connectivity index (χ0v) is 10.3. The molecule has 0 radical (unpaired) electrons. The number of benzene rings is 1. The molecule has 1 aliphatic heterocycles. The summed E-state index contributed by atoms with van der Waals surface area (Å²) in [5, 5.41) is 12.3. The molecule has 0 aliphatic carbocycles. The summed E-state index contributed by atoms with van der Waals surface area (Å²) in [7, 11) is 0. The second-order valence-electron chi connectivity index (χ2n) is 4.93. The van der Waals surface area contributed by atoms with E-state index in [0.717, 1.165) is 36.4 Å². The standard InChI is InChI=1S/C14H15N3O/c1-9-2-4-11(8-16-9)14-17-12-6-10(7-15)3-5-13(12)18-14/h3,5-6,9,11,16H,2,4,8H2,1H3/t9-,11-/m1/s1. The number of nitriles is 1. The number of aromatic nitrogens is 1. The zero-order valence-electron chi connectivity index (χ0n) is 10.3. The van der Waals surface area contributed by atoms with Gasteiger partial charge in [0.05, 0.1) is 11.6 Å². The topological polar surface area (TPSA) is 61.9 Å². The summed E-state index contributed by atoms with van der Waals surface area (Å²) in [4.78, 5) is 4.51. The summed E-state index contributed by atoms with van der Waals surface area (Å²) in [5.74, 6) is 1.14. The molecule has 92 valence electrons. The molecular formula is C14H15N3O. The molecule has 3 rings (SSSR count). The second kappa shape index (κ2) is 4.43. The first kappa shape index (κ1) is 11.2. The normalized spacial score (nSPS) is 24.0. The van der Waals surface area contributed by atoms with Crippen LogP contribution in [0, 0.1) is 11.3 Å². The number of nitrogens with zero attached hydrogens (tertiary/aromatic N) is 2. The summed E-state index contributed by atoms with van der Waals surface area (Å²) in [5.41, 5.74) is 2.17. The Morgan fingerprint density at radius 3 is 3.06 bits per heavy atom. The first-order valence-corrected chi connectivity index (χ1v) is 6.30. The summed E-state index contributed by atoms with van der Waals surface area (Å²) < 4.78 is 5.78. The Hall–Kier alpha value is -1.86. The first-order chi connectivity index (χ1) is 8.76. The van der Waals surface area contributed by atoms with E-state index < -0.39 is 0 Å². The molecule has 1 N–H and O–H groups in total. The number of nitrogens with one attached hydrogen (secondary N) is 1. The molecule has 2 aromatic rings. The monoisotopic (exact) mass is 241 g/mol. The van der Waals surface area contributed by atoms with Crippen LogP contribution in [-0.2, 0) is 0 Å². The third-order valence-corrected chi connectivity index (χ3v) is 3.54. The van der Waals surface area contributed by atoms with Crippen molar-refractivity contribution in [2.45, 2.75) is 31.7 Å². The number of oxazole rings is 1. The van der Waals surface area contributed by atoms with Crippen LogP contribution in [0.5, 0.6) is 0 Å². The van der Waals surface area contributed by atoms with Crippen molar-refractivity contribution in [1.29, 1.82) is 5.26 Å². The number of piperidine rings is 1. The van der Waals surface area contributed by atoms with Crippen molar-refractivity contribution < 1.29 is 4.42 Å². The molecule has 18 heavy (non-hydrogen) atoms. The number of fused-ring (bicyclic) bond motifs is 1. The molecule has 0 amide bonds. The summed E-state index contributed by atoms with van der Waals surface area (Å²) >= 11 is 0. The maximum absolute atomic E-state index is 8.86. The lowest BCUT2D eigenvalue weighted by atomic mass is 9.95. The Morgan fingerprint density at radius 2 is 2.33 bits per heavy atom. The van der Waals surface area contributed by atoms with Crippen LogP contribution in [0.2, 0.25) is 0 Å². The molecular weight excluding hydrogens is 226 g/mol. The molecule has 0 spiro atoms. The van der Waals surface area contributed by atoms with E-state index in [9.17, 15) is 0 Å². The highest BCUT2D eigenvalue weighted by Crippen LogP contribution is 2.27. The van der Waals surface area contributed by atoms with Crippen molar-refractivity contribution in [3.8, 4) is 6.07 Å². The molecule has 2 atom stereocenters. The van der Waals surface area contributed by atoms with Crippen molar-refractivity contribution in [2.75, 3.05) is 6.54 Å². The van der Waals surface area contributed by atoms with Crippen molar-refractivity contribution in [3.05, 3.63) is 29.7 Å². The van der Waals surface area contributed by atoms with Gasteiger partial charge in [0.2, 0.25) is 0 Å². The third kappa shape index (κ3) is 1.98. The number of rotatable bonds is 1. The van der Waals surface area contributed by atoms with E-state index in [1.807, 2.05) is 6.07 Å². The van der Waals surface area contributed by atoms with E-state index in [2.05, 4.69) is 23.3 Å². The molecule has 4 nitrogen and oxygen atoms in total. The Labute approximate surface area is 106 Å². The van der Waals surface area contributed by atoms with E-state index in [-0.39, 0.29) is 0 Å². The molecule has 4 heteroatoms. The molecule has 1 aliphatic rings. The average molecular weight is 241 g/mol. The highest BCUT2D eigenvalue weighted by atomic mass is 16.3. The van der Waals surface area contributed by atoms with Gasteiger partial charge in [0.1, 0.15) is 5.52 Å². The predicted molar refractivity (Wildman–Crippen MR) is 68.2 cm³/mol. The van der Waals surface area contributed by atoms with Gasteiger partial charge in [-0.15, -0.1) is 0 Å². The Morgan fingerprint density at radius 1 is 1.44 bits per heavy atom. The minimum absolute atomic E-state index is 0.346. The van der Waals surface area contributed by atoms with Crippen LogP contribution in [0.15, 0.2) is 22.6 Å². The van der Waals surface area contributed by atoms with Crippen LogP contribution >= 0.6 is 0 Å². The maximum Gasteiger partial charge on any atom is 0.199 e. The van der Waals surface area contributed by atoms with Gasteiger partial charge < -0.3 is 9.73 Å². The molecule has 1 fully saturated rings. The minimum Gasteiger partial charge on any atom is -0.440 e. The van der Waals surface area contributed by atoms with Gasteiger partial charge >= 0.3 is 0 Å². The van der Waals surface area contributed by atoms with Gasteiger partial charge in [-0.05, 0) is 38.0 Å². The van der Waals surface area contributed by atoms with Gasteiger partial charge in [-0.2, -0.15) is 5.26 Å². The van der Waals surface area contributed by atoms with E-state index in [4.69, 9.17) is 9.68 Å². The van der Waals surface area contributed by atoms with Crippen LogP contribution in [0.1, 0.15) is 37.1 Å². The fourth-order valence-electron chi connectivity index (χ4n) is 2.40. The maximum atomic E-state index is 8.86. The molecule has 1 saturated heterocycles. The van der Waals surface area contributed by atoms with Gasteiger partial charge in [-0.25, -0.2) is 4.98 Å². The van der Waals surface area contributed by atoms with Gasteiger partial charge in [0.15, 0.2) is 11.5 Å². The van der Waals surface area contributed by atoms with Crippen molar-refractivity contribution >= 4 is 11.1 Å². The summed E-state index contributed by atoms with van der Waals surface area (Å²) in [6.07, 6.45) is 2.25. The largest absolute Gasteiger partial charge is 0.440 e. The van der Waals surface area contributed by atoms with Crippen molar-refractivity contribution in [3.63, 3.8) is 0 Å². The van der Waals surface area contributed by atoms with Crippen LogP contribution in [0.4, 0.5) is 0 Å². The molecule has 0 unspecified atom stereocenters. The fraction of sp³-hybridized carbons (Fsp3) is 0.429. The summed E-state index contributed by atoms with van der Waals surface area (Å²) in [6.45, 7) is 3.11. The van der Waals surface area contributed by atoms with Crippen LogP contribution in [0.25, 0.3) is 11.1 Å². The third-order valence-electron chi connectivity index (χ3n) is 3.54. The molecule has 1 aromatic heterocycles. The molecule has 1 aromatic carbocycles. The van der Waals surface area contributed by atoms with Crippen LogP contribution in [0.3, 0.4) is 0 Å². The zero-order chi connectivity index (χ0) is 12.5. The van der Waals surface area contributed by atoms with E-state index in [1.54, 1.807) is 12.1 Å².